The van der Waals surface area contributed by atoms with Crippen molar-refractivity contribution in [3.8, 4) is 5.75 Å². The van der Waals surface area contributed by atoms with E-state index >= 15 is 0 Å². The molecular weight excluding hydrogens is 312 g/mol. The normalized spacial score (nSPS) is 11.1. The van der Waals surface area contributed by atoms with Gasteiger partial charge in [-0.15, -0.1) is 0 Å². The van der Waals surface area contributed by atoms with Gasteiger partial charge in [0.1, 0.15) is 5.75 Å². The minimum absolute atomic E-state index is 0.130. The van der Waals surface area contributed by atoms with Gasteiger partial charge in [-0.2, -0.15) is 0 Å². The van der Waals surface area contributed by atoms with Gasteiger partial charge in [0.25, 0.3) is 0 Å². The van der Waals surface area contributed by atoms with E-state index in [1.807, 2.05) is 0 Å². The second-order valence-corrected chi connectivity index (χ2v) is 6.70. The maximum atomic E-state index is 11.1. The van der Waals surface area contributed by atoms with Gasteiger partial charge in [-0.3, -0.25) is 4.72 Å². The van der Waals surface area contributed by atoms with Crippen LogP contribution in [0.2, 0.25) is 5.02 Å². The Bertz CT molecular complexity index is 710. The average Bonchev–Trinajstić information content (AvgIpc) is 2.38. The molecule has 7 heteroatoms. The summed E-state index contributed by atoms with van der Waals surface area (Å²) in [4.78, 5) is 0. The van der Waals surface area contributed by atoms with E-state index in [9.17, 15) is 13.5 Å². The third kappa shape index (κ3) is 4.54. The van der Waals surface area contributed by atoms with Crippen molar-refractivity contribution in [1.29, 1.82) is 0 Å². The van der Waals surface area contributed by atoms with Crippen LogP contribution in [0.5, 0.6) is 5.75 Å². The molecule has 2 aromatic rings. The highest BCUT2D eigenvalue weighted by molar-refractivity contribution is 7.92. The summed E-state index contributed by atoms with van der Waals surface area (Å²) in [6.45, 7) is 0.365. The van der Waals surface area contributed by atoms with Crippen LogP contribution in [0.1, 0.15) is 5.56 Å². The zero-order valence-electron chi connectivity index (χ0n) is 11.3. The molecule has 0 heterocycles. The number of nitrogens with one attached hydrogen (secondary N) is 2. The van der Waals surface area contributed by atoms with Gasteiger partial charge in [0, 0.05) is 28.5 Å². The van der Waals surface area contributed by atoms with Crippen LogP contribution in [0.4, 0.5) is 11.4 Å². The second kappa shape index (κ2) is 6.24. The van der Waals surface area contributed by atoms with Gasteiger partial charge in [0.15, 0.2) is 0 Å². The van der Waals surface area contributed by atoms with Crippen molar-refractivity contribution in [2.75, 3.05) is 16.3 Å². The van der Waals surface area contributed by atoms with E-state index in [4.69, 9.17) is 11.6 Å². The van der Waals surface area contributed by atoms with E-state index in [2.05, 4.69) is 10.0 Å². The van der Waals surface area contributed by atoms with Crippen LogP contribution in [0.15, 0.2) is 42.5 Å². The fourth-order valence-corrected chi connectivity index (χ4v) is 2.58. The lowest BCUT2D eigenvalue weighted by Gasteiger charge is -2.10. The molecule has 5 nitrogen and oxygen atoms in total. The van der Waals surface area contributed by atoms with E-state index in [0.29, 0.717) is 22.8 Å². The highest BCUT2D eigenvalue weighted by Crippen LogP contribution is 2.26. The molecular formula is C14H15ClN2O3S. The van der Waals surface area contributed by atoms with E-state index < -0.39 is 10.0 Å². The monoisotopic (exact) mass is 326 g/mol. The fourth-order valence-electron chi connectivity index (χ4n) is 1.78. The van der Waals surface area contributed by atoms with Crippen LogP contribution in [0.3, 0.4) is 0 Å². The predicted octanol–water partition coefficient (Wildman–Crippen LogP) is 3.03. The quantitative estimate of drug-likeness (QED) is 0.789. The standard InChI is InChI=1S/C14H15ClN2O3S/c1-21(19,20)17-11-7-5-10(6-8-11)16-9-12-13(15)3-2-4-14(12)18/h2-8,16-18H,9H2,1H3. The van der Waals surface area contributed by atoms with Crippen LogP contribution in [0, 0.1) is 0 Å². The minimum atomic E-state index is -3.28. The highest BCUT2D eigenvalue weighted by Gasteiger charge is 2.06. The van der Waals surface area contributed by atoms with Gasteiger partial charge >= 0.3 is 0 Å². The summed E-state index contributed by atoms with van der Waals surface area (Å²) >= 11 is 6.02. The molecule has 112 valence electrons. The lowest BCUT2D eigenvalue weighted by Crippen LogP contribution is -2.09. The average molecular weight is 327 g/mol. The highest BCUT2D eigenvalue weighted by atomic mass is 35.5. The van der Waals surface area contributed by atoms with Crippen molar-refractivity contribution in [2.24, 2.45) is 0 Å². The van der Waals surface area contributed by atoms with E-state index in [1.54, 1.807) is 42.5 Å². The van der Waals surface area contributed by atoms with Crippen LogP contribution >= 0.6 is 11.6 Å². The summed E-state index contributed by atoms with van der Waals surface area (Å²) in [7, 11) is -3.28. The van der Waals surface area contributed by atoms with Crippen LogP contribution in [0.25, 0.3) is 0 Å². The summed E-state index contributed by atoms with van der Waals surface area (Å²) in [5.41, 5.74) is 1.88. The molecule has 0 radical (unpaired) electrons. The smallest absolute Gasteiger partial charge is 0.229 e. The van der Waals surface area contributed by atoms with Gasteiger partial charge in [0.05, 0.1) is 6.26 Å². The molecule has 0 spiro atoms. The molecule has 2 rings (SSSR count). The summed E-state index contributed by atoms with van der Waals surface area (Å²) in [5.74, 6) is 0.130. The number of aromatic hydroxyl groups is 1. The minimum Gasteiger partial charge on any atom is -0.508 e. The summed E-state index contributed by atoms with van der Waals surface area (Å²) in [5, 5.41) is 13.3. The lowest BCUT2D eigenvalue weighted by molar-refractivity contribution is 0.469. The molecule has 0 aliphatic rings. The van der Waals surface area contributed by atoms with Gasteiger partial charge in [-0.05, 0) is 36.4 Å². The Morgan fingerprint density at radius 2 is 1.71 bits per heavy atom. The predicted molar refractivity (Wildman–Crippen MR) is 85.4 cm³/mol. The number of hydrogen-bond acceptors (Lipinski definition) is 4. The SMILES string of the molecule is CS(=O)(=O)Nc1ccc(NCc2c(O)cccc2Cl)cc1. The maximum Gasteiger partial charge on any atom is 0.229 e. The van der Waals surface area contributed by atoms with Crippen LogP contribution in [-0.4, -0.2) is 19.8 Å². The number of halogens is 1. The first-order chi connectivity index (χ1) is 9.85. The van der Waals surface area contributed by atoms with Crippen molar-refractivity contribution in [2.45, 2.75) is 6.54 Å². The molecule has 0 fully saturated rings. The van der Waals surface area contributed by atoms with Gasteiger partial charge < -0.3 is 10.4 Å². The Kier molecular flexibility index (Phi) is 4.59. The molecule has 0 bridgehead atoms. The van der Waals surface area contributed by atoms with Crippen molar-refractivity contribution < 1.29 is 13.5 Å². The molecule has 0 atom stereocenters. The Hall–Kier alpha value is -1.92. The van der Waals surface area contributed by atoms with E-state index in [1.165, 1.54) is 0 Å². The largest absolute Gasteiger partial charge is 0.508 e. The zero-order chi connectivity index (χ0) is 15.5. The molecule has 0 aliphatic heterocycles. The zero-order valence-corrected chi connectivity index (χ0v) is 12.9. The van der Waals surface area contributed by atoms with E-state index in [-0.39, 0.29) is 5.75 Å². The lowest BCUT2D eigenvalue weighted by atomic mass is 10.2. The molecule has 2 aromatic carbocycles. The number of sulfonamides is 1. The third-order valence-electron chi connectivity index (χ3n) is 2.75. The molecule has 0 unspecified atom stereocenters. The Balaban J connectivity index is 2.04. The van der Waals surface area contributed by atoms with Gasteiger partial charge in [-0.1, -0.05) is 17.7 Å². The molecule has 0 aromatic heterocycles. The van der Waals surface area contributed by atoms with E-state index in [0.717, 1.165) is 11.9 Å². The number of phenolic OH excluding ortho intramolecular Hbond substituents is 1. The van der Waals surface area contributed by atoms with Crippen LogP contribution in [-0.2, 0) is 16.6 Å². The molecule has 0 saturated carbocycles. The molecule has 0 aliphatic carbocycles. The maximum absolute atomic E-state index is 11.1. The van der Waals surface area contributed by atoms with Crippen LogP contribution < -0.4 is 10.0 Å². The first kappa shape index (κ1) is 15.5. The number of anilines is 2. The number of rotatable bonds is 5. The molecule has 3 N–H and O–H groups in total. The number of hydrogen-bond donors (Lipinski definition) is 3. The summed E-state index contributed by atoms with van der Waals surface area (Å²) in [6.07, 6.45) is 1.10. The topological polar surface area (TPSA) is 78.4 Å². The third-order valence-corrected chi connectivity index (χ3v) is 3.71. The van der Waals surface area contributed by atoms with Gasteiger partial charge in [0.2, 0.25) is 10.0 Å². The molecule has 0 amide bonds. The van der Waals surface area contributed by atoms with Crippen molar-refractivity contribution in [3.63, 3.8) is 0 Å². The first-order valence-electron chi connectivity index (χ1n) is 6.13. The number of benzene rings is 2. The Morgan fingerprint density at radius 1 is 1.10 bits per heavy atom. The van der Waals surface area contributed by atoms with Crippen molar-refractivity contribution >= 4 is 33.0 Å². The molecule has 21 heavy (non-hydrogen) atoms. The Morgan fingerprint density at radius 3 is 2.29 bits per heavy atom. The molecule has 0 saturated heterocycles. The van der Waals surface area contributed by atoms with Gasteiger partial charge in [-0.25, -0.2) is 8.42 Å². The Labute approximate surface area is 128 Å². The fraction of sp³-hybridized carbons (Fsp3) is 0.143. The summed E-state index contributed by atoms with van der Waals surface area (Å²) in [6, 6.07) is 11.7. The number of phenols is 1. The summed E-state index contributed by atoms with van der Waals surface area (Å²) < 4.78 is 24.6. The first-order valence-corrected chi connectivity index (χ1v) is 8.40. The van der Waals surface area contributed by atoms with Crippen molar-refractivity contribution in [3.05, 3.63) is 53.1 Å². The van der Waals surface area contributed by atoms with Crippen molar-refractivity contribution in [1.82, 2.24) is 0 Å². The second-order valence-electron chi connectivity index (χ2n) is 4.54.